The number of nitrogens with zero attached hydrogens (tertiary/aromatic N) is 2. The van der Waals surface area contributed by atoms with Crippen LogP contribution >= 0.6 is 15.9 Å². The van der Waals surface area contributed by atoms with Crippen LogP contribution in [-0.4, -0.2) is 29.4 Å². The van der Waals surface area contributed by atoms with E-state index in [0.717, 1.165) is 15.9 Å². The molecule has 8 heteroatoms. The highest BCUT2D eigenvalue weighted by Gasteiger charge is 2.20. The monoisotopic (exact) mass is 461 g/mol. The highest BCUT2D eigenvalue weighted by Crippen LogP contribution is 2.22. The maximum atomic E-state index is 12.7. The van der Waals surface area contributed by atoms with Gasteiger partial charge in [-0.1, -0.05) is 22.0 Å². The van der Waals surface area contributed by atoms with Crippen molar-refractivity contribution in [2.24, 2.45) is 0 Å². The topological polar surface area (TPSA) is 81.1 Å². The molecule has 0 radical (unpaired) electrons. The van der Waals surface area contributed by atoms with E-state index >= 15 is 0 Å². The van der Waals surface area contributed by atoms with Gasteiger partial charge >= 0.3 is 0 Å². The molecule has 146 valence electrons. The van der Waals surface area contributed by atoms with Crippen LogP contribution < -0.4 is 5.32 Å². The zero-order valence-electron chi connectivity index (χ0n) is 15.7. The molecule has 1 amide bonds. The highest BCUT2D eigenvalue weighted by atomic mass is 79.9. The summed E-state index contributed by atoms with van der Waals surface area (Å²) in [6, 6.07) is 15.3. The van der Waals surface area contributed by atoms with E-state index in [0.29, 0.717) is 11.4 Å². The molecule has 0 aliphatic carbocycles. The second-order valence-electron chi connectivity index (χ2n) is 6.63. The molecule has 0 unspecified atom stereocenters. The number of hydrogen-bond acceptors (Lipinski definition) is 4. The molecular formula is C20H20BrN3O3S. The molecule has 0 saturated carbocycles. The number of nitrogens with one attached hydrogen (secondary N) is 1. The molecule has 0 aliphatic heterocycles. The van der Waals surface area contributed by atoms with E-state index in [9.17, 15) is 13.2 Å². The third-order valence-corrected chi connectivity index (χ3v) is 6.86. The van der Waals surface area contributed by atoms with Gasteiger partial charge in [0, 0.05) is 16.1 Å². The number of rotatable bonds is 5. The number of halogens is 1. The minimum Gasteiger partial charge on any atom is -0.306 e. The van der Waals surface area contributed by atoms with Gasteiger partial charge in [0.2, 0.25) is 0 Å². The second-order valence-corrected chi connectivity index (χ2v) is 10.1. The van der Waals surface area contributed by atoms with Gasteiger partial charge in [-0.15, -0.1) is 0 Å². The lowest BCUT2D eigenvalue weighted by Crippen LogP contribution is -2.16. The van der Waals surface area contributed by atoms with E-state index in [2.05, 4.69) is 26.3 Å². The Morgan fingerprint density at radius 1 is 1.11 bits per heavy atom. The molecule has 0 saturated heterocycles. The lowest BCUT2D eigenvalue weighted by Gasteiger charge is -2.10. The largest absolute Gasteiger partial charge is 0.306 e. The zero-order chi connectivity index (χ0) is 20.5. The summed E-state index contributed by atoms with van der Waals surface area (Å²) < 4.78 is 27.0. The van der Waals surface area contributed by atoms with Crippen molar-refractivity contribution >= 4 is 37.5 Å². The third kappa shape index (κ3) is 4.18. The summed E-state index contributed by atoms with van der Waals surface area (Å²) in [5, 5.41) is 6.76. The van der Waals surface area contributed by atoms with Gasteiger partial charge < -0.3 is 5.32 Å². The standard InChI is InChI=1S/C20H20BrN3O3S/c1-13(2)28(26,27)18-9-7-15(8-10-18)20(25)22-19-11-14(3)23-24(19)17-6-4-5-16(21)12-17/h4-13H,1-3H3,(H,22,25). The SMILES string of the molecule is Cc1cc(NC(=O)c2ccc(S(=O)(=O)C(C)C)cc2)n(-c2cccc(Br)c2)n1. The lowest BCUT2D eigenvalue weighted by molar-refractivity contribution is 0.102. The molecule has 6 nitrogen and oxygen atoms in total. The van der Waals surface area contributed by atoms with E-state index in [4.69, 9.17) is 0 Å². The number of hydrogen-bond donors (Lipinski definition) is 1. The van der Waals surface area contributed by atoms with Crippen LogP contribution in [-0.2, 0) is 9.84 Å². The smallest absolute Gasteiger partial charge is 0.256 e. The predicted octanol–water partition coefficient (Wildman–Crippen LogP) is 4.38. The molecule has 2 aromatic carbocycles. The Bertz CT molecular complexity index is 1120. The summed E-state index contributed by atoms with van der Waals surface area (Å²) in [4.78, 5) is 12.9. The number of aryl methyl sites for hydroxylation is 1. The predicted molar refractivity (Wildman–Crippen MR) is 113 cm³/mol. The van der Waals surface area contributed by atoms with Crippen LogP contribution in [0.3, 0.4) is 0 Å². The maximum absolute atomic E-state index is 12.7. The normalized spacial score (nSPS) is 11.6. The number of anilines is 1. The molecule has 0 bridgehead atoms. The number of carbonyl (C=O) groups excluding carboxylic acids is 1. The number of benzene rings is 2. The molecule has 28 heavy (non-hydrogen) atoms. The lowest BCUT2D eigenvalue weighted by atomic mass is 10.2. The van der Waals surface area contributed by atoms with E-state index in [-0.39, 0.29) is 10.8 Å². The summed E-state index contributed by atoms with van der Waals surface area (Å²) in [5.74, 6) is 0.184. The van der Waals surface area contributed by atoms with Crippen LogP contribution in [0, 0.1) is 6.92 Å². The van der Waals surface area contributed by atoms with Crippen LogP contribution in [0.4, 0.5) is 5.82 Å². The summed E-state index contributed by atoms with van der Waals surface area (Å²) in [7, 11) is -3.37. The quantitative estimate of drug-likeness (QED) is 0.611. The van der Waals surface area contributed by atoms with Crippen molar-refractivity contribution in [3.63, 3.8) is 0 Å². The van der Waals surface area contributed by atoms with Crippen molar-refractivity contribution in [1.82, 2.24) is 9.78 Å². The molecule has 0 fully saturated rings. The van der Waals surface area contributed by atoms with Gasteiger partial charge in [-0.2, -0.15) is 5.10 Å². The van der Waals surface area contributed by atoms with E-state index in [1.807, 2.05) is 31.2 Å². The fourth-order valence-electron chi connectivity index (χ4n) is 2.65. The van der Waals surface area contributed by atoms with Crippen molar-refractivity contribution in [1.29, 1.82) is 0 Å². The van der Waals surface area contributed by atoms with Gasteiger partial charge in [0.05, 0.1) is 21.5 Å². The summed E-state index contributed by atoms with van der Waals surface area (Å²) in [6.45, 7) is 5.10. The van der Waals surface area contributed by atoms with Crippen molar-refractivity contribution in [2.75, 3.05) is 5.32 Å². The molecule has 0 spiro atoms. The first-order valence-corrected chi connectivity index (χ1v) is 11.0. The van der Waals surface area contributed by atoms with Crippen LogP contribution in [0.15, 0.2) is 64.0 Å². The first-order valence-electron chi connectivity index (χ1n) is 8.66. The molecule has 0 atom stereocenters. The van der Waals surface area contributed by atoms with Gasteiger partial charge in [-0.3, -0.25) is 4.79 Å². The van der Waals surface area contributed by atoms with Crippen molar-refractivity contribution in [3.05, 3.63) is 70.3 Å². The van der Waals surface area contributed by atoms with E-state index in [1.54, 1.807) is 24.6 Å². The van der Waals surface area contributed by atoms with Gasteiger partial charge in [0.1, 0.15) is 5.82 Å². The maximum Gasteiger partial charge on any atom is 0.256 e. The number of carbonyl (C=O) groups is 1. The summed E-state index contributed by atoms with van der Waals surface area (Å²) >= 11 is 3.43. The average Bonchev–Trinajstić information content (AvgIpc) is 3.02. The molecule has 0 aliphatic rings. The number of amides is 1. The molecular weight excluding hydrogens is 442 g/mol. The van der Waals surface area contributed by atoms with Gasteiger partial charge in [0.15, 0.2) is 9.84 Å². The highest BCUT2D eigenvalue weighted by molar-refractivity contribution is 9.10. The first-order chi connectivity index (χ1) is 13.2. The van der Waals surface area contributed by atoms with Crippen LogP contribution in [0.5, 0.6) is 0 Å². The third-order valence-electron chi connectivity index (χ3n) is 4.19. The fourth-order valence-corrected chi connectivity index (χ4v) is 4.10. The summed E-state index contributed by atoms with van der Waals surface area (Å²) in [6.07, 6.45) is 0. The Labute approximate surface area is 172 Å². The average molecular weight is 462 g/mol. The molecule has 3 rings (SSSR count). The summed E-state index contributed by atoms with van der Waals surface area (Å²) in [5.41, 5.74) is 1.92. The Kier molecular flexibility index (Phi) is 5.71. The Morgan fingerprint density at radius 2 is 1.79 bits per heavy atom. The number of aromatic nitrogens is 2. The molecule has 1 heterocycles. The fraction of sp³-hybridized carbons (Fsp3) is 0.200. The van der Waals surface area contributed by atoms with E-state index in [1.165, 1.54) is 24.3 Å². The minimum atomic E-state index is -3.37. The van der Waals surface area contributed by atoms with Crippen LogP contribution in [0.25, 0.3) is 5.69 Å². The van der Waals surface area contributed by atoms with Crippen molar-refractivity contribution < 1.29 is 13.2 Å². The Hall–Kier alpha value is -2.45. The van der Waals surface area contributed by atoms with Gasteiger partial charge in [0.25, 0.3) is 5.91 Å². The van der Waals surface area contributed by atoms with Gasteiger partial charge in [-0.05, 0) is 63.2 Å². The van der Waals surface area contributed by atoms with Crippen LogP contribution in [0.1, 0.15) is 29.9 Å². The van der Waals surface area contributed by atoms with E-state index < -0.39 is 15.1 Å². The molecule has 1 N–H and O–H groups in total. The van der Waals surface area contributed by atoms with Crippen molar-refractivity contribution in [3.8, 4) is 5.69 Å². The van der Waals surface area contributed by atoms with Crippen LogP contribution in [0.2, 0.25) is 0 Å². The zero-order valence-corrected chi connectivity index (χ0v) is 18.1. The first kappa shape index (κ1) is 20.3. The molecule has 3 aromatic rings. The second kappa shape index (κ2) is 7.89. The Morgan fingerprint density at radius 3 is 2.39 bits per heavy atom. The number of sulfone groups is 1. The Balaban J connectivity index is 1.86. The van der Waals surface area contributed by atoms with Crippen molar-refractivity contribution in [2.45, 2.75) is 30.9 Å². The van der Waals surface area contributed by atoms with Gasteiger partial charge in [-0.25, -0.2) is 13.1 Å². The minimum absolute atomic E-state index is 0.203. The molecule has 1 aromatic heterocycles.